The van der Waals surface area contributed by atoms with Gasteiger partial charge < -0.3 is 9.64 Å². The quantitative estimate of drug-likeness (QED) is 0.591. The third-order valence-electron chi connectivity index (χ3n) is 5.65. The molecule has 0 bridgehead atoms. The Balaban J connectivity index is 1.38. The first-order chi connectivity index (χ1) is 14.9. The van der Waals surface area contributed by atoms with Gasteiger partial charge in [-0.2, -0.15) is 4.31 Å². The zero-order valence-corrected chi connectivity index (χ0v) is 18.3. The molecule has 0 aromatic heterocycles. The first kappa shape index (κ1) is 21.5. The van der Waals surface area contributed by atoms with Crippen molar-refractivity contribution in [3.05, 3.63) is 72.3 Å². The van der Waals surface area contributed by atoms with Crippen LogP contribution in [0.2, 0.25) is 0 Å². The number of anilines is 1. The maximum absolute atomic E-state index is 12.7. The van der Waals surface area contributed by atoms with Crippen molar-refractivity contribution in [3.63, 3.8) is 0 Å². The van der Waals surface area contributed by atoms with Gasteiger partial charge in [0.2, 0.25) is 15.9 Å². The highest BCUT2D eigenvalue weighted by molar-refractivity contribution is 7.89. The van der Waals surface area contributed by atoms with Gasteiger partial charge in [0.25, 0.3) is 0 Å². The normalized spacial score (nSPS) is 15.1. The van der Waals surface area contributed by atoms with Crippen LogP contribution < -0.4 is 4.90 Å². The topological polar surface area (TPSA) is 66.9 Å². The second-order valence-electron chi connectivity index (χ2n) is 7.64. The average Bonchev–Trinajstić information content (AvgIpc) is 2.82. The molecule has 4 rings (SSSR count). The molecule has 1 fully saturated rings. The summed E-state index contributed by atoms with van der Waals surface area (Å²) in [5.74, 6) is 0.0142. The second-order valence-corrected chi connectivity index (χ2v) is 9.58. The molecule has 0 radical (unpaired) electrons. The zero-order valence-electron chi connectivity index (χ0n) is 17.5. The Morgan fingerprint density at radius 3 is 2.35 bits per heavy atom. The van der Waals surface area contributed by atoms with Gasteiger partial charge in [0.15, 0.2) is 0 Å². The van der Waals surface area contributed by atoms with Crippen LogP contribution in [0.15, 0.2) is 71.6 Å². The summed E-state index contributed by atoms with van der Waals surface area (Å²) in [4.78, 5) is 14.6. The van der Waals surface area contributed by atoms with Gasteiger partial charge in [0.05, 0.1) is 18.1 Å². The minimum absolute atomic E-state index is 0.0142. The summed E-state index contributed by atoms with van der Waals surface area (Å²) >= 11 is 0. The van der Waals surface area contributed by atoms with Crippen LogP contribution in [-0.4, -0.2) is 52.0 Å². The molecule has 3 aromatic rings. The highest BCUT2D eigenvalue weighted by Crippen LogP contribution is 2.22. The van der Waals surface area contributed by atoms with Crippen molar-refractivity contribution in [2.24, 2.45) is 0 Å². The monoisotopic (exact) mass is 438 g/mol. The van der Waals surface area contributed by atoms with Gasteiger partial charge in [0.1, 0.15) is 0 Å². The SMILES string of the molecule is CN(C(=O)CCc1ccc(S(=O)(=O)N2CCOCC2)cc1)c1ccc2ccccc2c1. The summed E-state index contributed by atoms with van der Waals surface area (Å²) in [6.45, 7) is 1.59. The molecule has 1 amide bonds. The average molecular weight is 439 g/mol. The molecular weight excluding hydrogens is 412 g/mol. The molecule has 0 spiro atoms. The maximum atomic E-state index is 12.7. The summed E-state index contributed by atoms with van der Waals surface area (Å²) in [7, 11) is -1.72. The Kier molecular flexibility index (Phi) is 6.36. The Morgan fingerprint density at radius 2 is 1.65 bits per heavy atom. The van der Waals surface area contributed by atoms with E-state index in [2.05, 4.69) is 0 Å². The van der Waals surface area contributed by atoms with Gasteiger partial charge in [0, 0.05) is 32.2 Å². The van der Waals surface area contributed by atoms with E-state index in [-0.39, 0.29) is 10.8 Å². The Bertz CT molecular complexity index is 1170. The second kappa shape index (κ2) is 9.18. The molecule has 0 aliphatic carbocycles. The van der Waals surface area contributed by atoms with E-state index in [1.807, 2.05) is 42.5 Å². The van der Waals surface area contributed by atoms with Gasteiger partial charge in [-0.25, -0.2) is 8.42 Å². The van der Waals surface area contributed by atoms with Crippen LogP contribution in [0.4, 0.5) is 5.69 Å². The number of morpholine rings is 1. The molecule has 0 unspecified atom stereocenters. The number of amides is 1. The number of aryl methyl sites for hydroxylation is 1. The van der Waals surface area contributed by atoms with Crippen molar-refractivity contribution in [3.8, 4) is 0 Å². The molecule has 1 heterocycles. The molecule has 0 saturated carbocycles. The number of ether oxygens (including phenoxy) is 1. The predicted octanol–water partition coefficient (Wildman–Crippen LogP) is 3.46. The smallest absolute Gasteiger partial charge is 0.243 e. The lowest BCUT2D eigenvalue weighted by molar-refractivity contribution is -0.118. The van der Waals surface area contributed by atoms with E-state index in [0.29, 0.717) is 39.1 Å². The summed E-state index contributed by atoms with van der Waals surface area (Å²) < 4.78 is 32.1. The van der Waals surface area contributed by atoms with Crippen molar-refractivity contribution in [2.45, 2.75) is 17.7 Å². The van der Waals surface area contributed by atoms with E-state index in [4.69, 9.17) is 4.74 Å². The van der Waals surface area contributed by atoms with E-state index in [9.17, 15) is 13.2 Å². The third kappa shape index (κ3) is 4.79. The third-order valence-corrected chi connectivity index (χ3v) is 7.57. The van der Waals surface area contributed by atoms with Crippen LogP contribution in [0.25, 0.3) is 10.8 Å². The minimum Gasteiger partial charge on any atom is -0.379 e. The molecule has 3 aromatic carbocycles. The number of carbonyl (C=O) groups excluding carboxylic acids is 1. The number of hydrogen-bond acceptors (Lipinski definition) is 4. The summed E-state index contributed by atoms with van der Waals surface area (Å²) in [6.07, 6.45) is 0.896. The molecule has 0 N–H and O–H groups in total. The molecular formula is C24H26N2O4S. The largest absolute Gasteiger partial charge is 0.379 e. The van der Waals surface area contributed by atoms with Crippen molar-refractivity contribution < 1.29 is 17.9 Å². The number of carbonyl (C=O) groups is 1. The van der Waals surface area contributed by atoms with Crippen molar-refractivity contribution >= 4 is 32.4 Å². The summed E-state index contributed by atoms with van der Waals surface area (Å²) in [5, 5.41) is 2.23. The van der Waals surface area contributed by atoms with E-state index in [0.717, 1.165) is 22.0 Å². The molecule has 1 aliphatic heterocycles. The van der Waals surface area contributed by atoms with Gasteiger partial charge >= 0.3 is 0 Å². The Morgan fingerprint density at radius 1 is 0.968 bits per heavy atom. The van der Waals surface area contributed by atoms with Gasteiger partial charge in [-0.05, 0) is 47.0 Å². The van der Waals surface area contributed by atoms with Crippen molar-refractivity contribution in [2.75, 3.05) is 38.3 Å². The number of benzene rings is 3. The fourth-order valence-corrected chi connectivity index (χ4v) is 5.12. The first-order valence-electron chi connectivity index (χ1n) is 10.4. The fraction of sp³-hybridized carbons (Fsp3) is 0.292. The number of rotatable bonds is 6. The molecule has 1 aliphatic rings. The summed E-state index contributed by atoms with van der Waals surface area (Å²) in [6, 6.07) is 20.9. The van der Waals surface area contributed by atoms with Crippen LogP contribution in [0, 0.1) is 0 Å². The van der Waals surface area contributed by atoms with Crippen LogP contribution >= 0.6 is 0 Å². The van der Waals surface area contributed by atoms with Gasteiger partial charge in [-0.1, -0.05) is 42.5 Å². The van der Waals surface area contributed by atoms with Crippen LogP contribution in [0.3, 0.4) is 0 Å². The molecule has 6 nitrogen and oxygen atoms in total. The van der Waals surface area contributed by atoms with Crippen LogP contribution in [-0.2, 0) is 26.0 Å². The van der Waals surface area contributed by atoms with Gasteiger partial charge in [-0.3, -0.25) is 4.79 Å². The van der Waals surface area contributed by atoms with E-state index < -0.39 is 10.0 Å². The molecule has 1 saturated heterocycles. The molecule has 162 valence electrons. The zero-order chi connectivity index (χ0) is 21.8. The number of hydrogen-bond donors (Lipinski definition) is 0. The van der Waals surface area contributed by atoms with Crippen molar-refractivity contribution in [1.82, 2.24) is 4.31 Å². The molecule has 31 heavy (non-hydrogen) atoms. The first-order valence-corrected chi connectivity index (χ1v) is 11.8. The lowest BCUT2D eigenvalue weighted by Gasteiger charge is -2.26. The summed E-state index contributed by atoms with van der Waals surface area (Å²) in [5.41, 5.74) is 1.79. The van der Waals surface area contributed by atoms with E-state index >= 15 is 0 Å². The lowest BCUT2D eigenvalue weighted by atomic mass is 10.1. The highest BCUT2D eigenvalue weighted by Gasteiger charge is 2.26. The fourth-order valence-electron chi connectivity index (χ4n) is 3.71. The molecule has 0 atom stereocenters. The van der Waals surface area contributed by atoms with Gasteiger partial charge in [-0.15, -0.1) is 0 Å². The van der Waals surface area contributed by atoms with Crippen LogP contribution in [0.5, 0.6) is 0 Å². The van der Waals surface area contributed by atoms with Crippen LogP contribution in [0.1, 0.15) is 12.0 Å². The highest BCUT2D eigenvalue weighted by atomic mass is 32.2. The number of nitrogens with zero attached hydrogens (tertiary/aromatic N) is 2. The minimum atomic E-state index is -3.50. The van der Waals surface area contributed by atoms with E-state index in [1.165, 1.54) is 4.31 Å². The molecule has 7 heteroatoms. The van der Waals surface area contributed by atoms with Crippen molar-refractivity contribution in [1.29, 1.82) is 0 Å². The van der Waals surface area contributed by atoms with E-state index in [1.54, 1.807) is 36.2 Å². The lowest BCUT2D eigenvalue weighted by Crippen LogP contribution is -2.40. The number of fused-ring (bicyclic) bond motifs is 1. The Hall–Kier alpha value is -2.74. The standard InChI is InChI=1S/C24H26N2O4S/c1-25(22-10-9-20-4-2-3-5-21(20)18-22)24(27)13-8-19-6-11-23(12-7-19)31(28,29)26-14-16-30-17-15-26/h2-7,9-12,18H,8,13-17H2,1H3. The maximum Gasteiger partial charge on any atom is 0.243 e. The predicted molar refractivity (Wildman–Crippen MR) is 122 cm³/mol. The number of sulfonamides is 1. The Labute approximate surface area is 183 Å².